The van der Waals surface area contributed by atoms with Crippen molar-refractivity contribution in [1.29, 1.82) is 0 Å². The fraction of sp³-hybridized carbons (Fsp3) is 0.600. The summed E-state index contributed by atoms with van der Waals surface area (Å²) in [6, 6.07) is 8.75. The van der Waals surface area contributed by atoms with Crippen LogP contribution in [0.5, 0.6) is 0 Å². The van der Waals surface area contributed by atoms with E-state index in [2.05, 4.69) is 63.8 Å². The van der Waals surface area contributed by atoms with Crippen molar-refractivity contribution in [1.82, 2.24) is 0 Å². The number of anilines is 1. The van der Waals surface area contributed by atoms with Crippen LogP contribution >= 0.6 is 0 Å². The van der Waals surface area contributed by atoms with Gasteiger partial charge in [0.25, 0.3) is 0 Å². The minimum atomic E-state index is 0.0910. The summed E-state index contributed by atoms with van der Waals surface area (Å²) in [5.41, 5.74) is 8.85. The van der Waals surface area contributed by atoms with Gasteiger partial charge in [0.2, 0.25) is 0 Å². The number of hydrogen-bond donors (Lipinski definition) is 1. The van der Waals surface area contributed by atoms with E-state index in [0.717, 1.165) is 13.1 Å². The SMILES string of the molecule is CCN(CC)c1ccc([C@@H](N)C(C)(C)C)cc1. The van der Waals surface area contributed by atoms with Crippen LogP contribution in [0, 0.1) is 5.41 Å². The summed E-state index contributed by atoms with van der Waals surface area (Å²) in [4.78, 5) is 2.34. The van der Waals surface area contributed by atoms with E-state index in [9.17, 15) is 0 Å². The summed E-state index contributed by atoms with van der Waals surface area (Å²) < 4.78 is 0. The van der Waals surface area contributed by atoms with Gasteiger partial charge in [-0.25, -0.2) is 0 Å². The van der Waals surface area contributed by atoms with Gasteiger partial charge in [0, 0.05) is 24.8 Å². The van der Waals surface area contributed by atoms with Crippen molar-refractivity contribution in [3.63, 3.8) is 0 Å². The Bertz CT molecular complexity index is 331. The van der Waals surface area contributed by atoms with Crippen molar-refractivity contribution in [2.45, 2.75) is 40.7 Å². The Balaban J connectivity index is 2.88. The molecule has 0 aromatic heterocycles. The third-order valence-electron chi connectivity index (χ3n) is 3.31. The molecule has 1 aromatic rings. The molecule has 96 valence electrons. The fourth-order valence-electron chi connectivity index (χ4n) is 1.98. The molecule has 1 atom stereocenters. The lowest BCUT2D eigenvalue weighted by molar-refractivity contribution is 0.327. The average Bonchev–Trinajstić information content (AvgIpc) is 2.29. The summed E-state index contributed by atoms with van der Waals surface area (Å²) >= 11 is 0. The van der Waals surface area contributed by atoms with Gasteiger partial charge >= 0.3 is 0 Å². The zero-order valence-corrected chi connectivity index (χ0v) is 11.8. The highest BCUT2D eigenvalue weighted by Crippen LogP contribution is 2.31. The van der Waals surface area contributed by atoms with E-state index in [-0.39, 0.29) is 11.5 Å². The maximum Gasteiger partial charge on any atom is 0.0366 e. The summed E-state index contributed by atoms with van der Waals surface area (Å²) in [6.45, 7) is 13.0. The van der Waals surface area contributed by atoms with Crippen molar-refractivity contribution in [3.8, 4) is 0 Å². The molecule has 2 N–H and O–H groups in total. The molecular formula is C15H26N2. The smallest absolute Gasteiger partial charge is 0.0366 e. The molecule has 0 bridgehead atoms. The van der Waals surface area contributed by atoms with E-state index < -0.39 is 0 Å². The maximum absolute atomic E-state index is 6.25. The van der Waals surface area contributed by atoms with E-state index in [1.807, 2.05) is 0 Å². The number of nitrogens with zero attached hydrogens (tertiary/aromatic N) is 1. The number of benzene rings is 1. The molecule has 0 aliphatic carbocycles. The minimum Gasteiger partial charge on any atom is -0.372 e. The van der Waals surface area contributed by atoms with Crippen LogP contribution in [0.4, 0.5) is 5.69 Å². The van der Waals surface area contributed by atoms with Crippen molar-refractivity contribution in [3.05, 3.63) is 29.8 Å². The second kappa shape index (κ2) is 5.54. The minimum absolute atomic E-state index is 0.0910. The van der Waals surface area contributed by atoms with Crippen LogP contribution in [0.3, 0.4) is 0 Å². The summed E-state index contributed by atoms with van der Waals surface area (Å²) in [7, 11) is 0. The number of rotatable bonds is 4. The zero-order chi connectivity index (χ0) is 13.1. The molecule has 0 radical (unpaired) electrons. The van der Waals surface area contributed by atoms with Gasteiger partial charge in [-0.1, -0.05) is 32.9 Å². The molecule has 0 aliphatic rings. The molecule has 1 rings (SSSR count). The largest absolute Gasteiger partial charge is 0.372 e. The Kier molecular flexibility index (Phi) is 4.58. The van der Waals surface area contributed by atoms with E-state index >= 15 is 0 Å². The molecular weight excluding hydrogens is 208 g/mol. The predicted octanol–water partition coefficient (Wildman–Crippen LogP) is 3.58. The van der Waals surface area contributed by atoms with Crippen molar-refractivity contribution < 1.29 is 0 Å². The Morgan fingerprint density at radius 1 is 1.06 bits per heavy atom. The van der Waals surface area contributed by atoms with Crippen LogP contribution in [0.1, 0.15) is 46.2 Å². The first-order chi connectivity index (χ1) is 7.90. The monoisotopic (exact) mass is 234 g/mol. The van der Waals surface area contributed by atoms with Crippen LogP contribution in [0.15, 0.2) is 24.3 Å². The third kappa shape index (κ3) is 3.47. The van der Waals surface area contributed by atoms with E-state index in [4.69, 9.17) is 5.73 Å². The average molecular weight is 234 g/mol. The molecule has 2 nitrogen and oxygen atoms in total. The Labute approximate surface area is 106 Å². The van der Waals surface area contributed by atoms with Crippen LogP contribution in [0.2, 0.25) is 0 Å². The summed E-state index contributed by atoms with van der Waals surface area (Å²) in [6.07, 6.45) is 0. The highest BCUT2D eigenvalue weighted by atomic mass is 15.1. The molecule has 2 heteroatoms. The first-order valence-corrected chi connectivity index (χ1v) is 6.50. The van der Waals surface area contributed by atoms with Gasteiger partial charge in [0.15, 0.2) is 0 Å². The quantitative estimate of drug-likeness (QED) is 0.863. The second-order valence-corrected chi connectivity index (χ2v) is 5.61. The predicted molar refractivity (Wildman–Crippen MR) is 76.4 cm³/mol. The van der Waals surface area contributed by atoms with Gasteiger partial charge in [-0.15, -0.1) is 0 Å². The molecule has 0 unspecified atom stereocenters. The van der Waals surface area contributed by atoms with Crippen molar-refractivity contribution in [2.75, 3.05) is 18.0 Å². The van der Waals surface area contributed by atoms with Gasteiger partial charge in [0.05, 0.1) is 0 Å². The molecule has 0 saturated carbocycles. The van der Waals surface area contributed by atoms with Gasteiger partial charge < -0.3 is 10.6 Å². The van der Waals surface area contributed by atoms with Crippen LogP contribution in [-0.2, 0) is 0 Å². The first kappa shape index (κ1) is 14.0. The topological polar surface area (TPSA) is 29.3 Å². The Morgan fingerprint density at radius 2 is 1.53 bits per heavy atom. The van der Waals surface area contributed by atoms with Crippen LogP contribution < -0.4 is 10.6 Å². The summed E-state index contributed by atoms with van der Waals surface area (Å²) in [5, 5.41) is 0. The van der Waals surface area contributed by atoms with E-state index in [0.29, 0.717) is 0 Å². The first-order valence-electron chi connectivity index (χ1n) is 6.50. The molecule has 1 aromatic carbocycles. The normalized spacial score (nSPS) is 13.5. The van der Waals surface area contributed by atoms with E-state index in [1.54, 1.807) is 0 Å². The van der Waals surface area contributed by atoms with Crippen molar-refractivity contribution >= 4 is 5.69 Å². The van der Waals surface area contributed by atoms with Crippen LogP contribution in [0.25, 0.3) is 0 Å². The molecule has 0 amide bonds. The molecule has 0 spiro atoms. The van der Waals surface area contributed by atoms with Gasteiger partial charge in [-0.05, 0) is 37.0 Å². The molecule has 0 heterocycles. The lowest BCUT2D eigenvalue weighted by Crippen LogP contribution is -2.26. The molecule has 0 fully saturated rings. The lowest BCUT2D eigenvalue weighted by atomic mass is 9.83. The number of hydrogen-bond acceptors (Lipinski definition) is 2. The lowest BCUT2D eigenvalue weighted by Gasteiger charge is -2.28. The number of nitrogens with two attached hydrogens (primary N) is 1. The Hall–Kier alpha value is -1.02. The molecule has 17 heavy (non-hydrogen) atoms. The van der Waals surface area contributed by atoms with Gasteiger partial charge in [-0.3, -0.25) is 0 Å². The summed E-state index contributed by atoms with van der Waals surface area (Å²) in [5.74, 6) is 0. The zero-order valence-electron chi connectivity index (χ0n) is 11.8. The molecule has 0 aliphatic heterocycles. The third-order valence-corrected chi connectivity index (χ3v) is 3.31. The molecule has 0 saturated heterocycles. The van der Waals surface area contributed by atoms with Gasteiger partial charge in [-0.2, -0.15) is 0 Å². The maximum atomic E-state index is 6.25. The van der Waals surface area contributed by atoms with Gasteiger partial charge in [0.1, 0.15) is 0 Å². The highest BCUT2D eigenvalue weighted by Gasteiger charge is 2.22. The van der Waals surface area contributed by atoms with Crippen molar-refractivity contribution in [2.24, 2.45) is 11.1 Å². The standard InChI is InChI=1S/C15H26N2/c1-6-17(7-2)13-10-8-12(9-11-13)14(16)15(3,4)5/h8-11,14H,6-7,16H2,1-5H3/t14-/m1/s1. The fourth-order valence-corrected chi connectivity index (χ4v) is 1.98. The van der Waals surface area contributed by atoms with Crippen LogP contribution in [-0.4, -0.2) is 13.1 Å². The van der Waals surface area contributed by atoms with E-state index in [1.165, 1.54) is 11.3 Å². The second-order valence-electron chi connectivity index (χ2n) is 5.61. The Morgan fingerprint density at radius 3 is 1.88 bits per heavy atom. The highest BCUT2D eigenvalue weighted by molar-refractivity contribution is 5.47.